The van der Waals surface area contributed by atoms with Gasteiger partial charge in [0.2, 0.25) is 0 Å². The lowest BCUT2D eigenvalue weighted by atomic mass is 9.76. The molecule has 0 bridgehead atoms. The molecule has 3 rings (SSSR count). The van der Waals surface area contributed by atoms with Crippen molar-refractivity contribution >= 4 is 11.8 Å². The van der Waals surface area contributed by atoms with Gasteiger partial charge in [-0.05, 0) is 55.4 Å². The quantitative estimate of drug-likeness (QED) is 0.853. The molecule has 1 N–H and O–H groups in total. The number of aliphatic hydroxyl groups is 1. The van der Waals surface area contributed by atoms with Gasteiger partial charge in [0.25, 0.3) is 0 Å². The standard InChI is InChI=1S/C17H30O2S/c18-16(12-14-4-2-1-3-5-14)15-6-9-19-17(13-15)7-10-20-11-8-17/h14-16,18H,1-13H2. The maximum absolute atomic E-state index is 10.7. The summed E-state index contributed by atoms with van der Waals surface area (Å²) in [5, 5.41) is 10.7. The fourth-order valence-electron chi connectivity index (χ4n) is 4.44. The molecule has 2 heterocycles. The van der Waals surface area contributed by atoms with Crippen LogP contribution in [0.1, 0.15) is 64.2 Å². The van der Waals surface area contributed by atoms with Gasteiger partial charge in [-0.3, -0.25) is 0 Å². The minimum absolute atomic E-state index is 0.0755. The first-order valence-corrected chi connectivity index (χ1v) is 9.83. The highest BCUT2D eigenvalue weighted by Gasteiger charge is 2.41. The highest BCUT2D eigenvalue weighted by molar-refractivity contribution is 7.99. The second-order valence-electron chi connectivity index (χ2n) is 7.20. The van der Waals surface area contributed by atoms with E-state index in [0.29, 0.717) is 5.92 Å². The second kappa shape index (κ2) is 7.02. The van der Waals surface area contributed by atoms with Crippen LogP contribution in [0, 0.1) is 11.8 Å². The SMILES string of the molecule is OC(CC1CCCCC1)C1CCOC2(CCSCC2)C1. The van der Waals surface area contributed by atoms with Crippen molar-refractivity contribution in [3.8, 4) is 0 Å². The van der Waals surface area contributed by atoms with E-state index in [1.165, 1.54) is 56.5 Å². The van der Waals surface area contributed by atoms with E-state index in [1.54, 1.807) is 0 Å². The predicted octanol–water partition coefficient (Wildman–Crippen LogP) is 4.01. The Morgan fingerprint density at radius 1 is 1.10 bits per heavy atom. The Kier molecular flexibility index (Phi) is 5.33. The Labute approximate surface area is 128 Å². The summed E-state index contributed by atoms with van der Waals surface area (Å²) in [5.74, 6) is 3.77. The monoisotopic (exact) mass is 298 g/mol. The highest BCUT2D eigenvalue weighted by atomic mass is 32.2. The molecule has 3 aliphatic rings. The van der Waals surface area contributed by atoms with Crippen LogP contribution in [-0.4, -0.2) is 34.9 Å². The third-order valence-corrected chi connectivity index (χ3v) is 6.76. The smallest absolute Gasteiger partial charge is 0.0701 e. The van der Waals surface area contributed by atoms with E-state index in [9.17, 15) is 5.11 Å². The molecule has 116 valence electrons. The van der Waals surface area contributed by atoms with Crippen LogP contribution in [0.15, 0.2) is 0 Å². The topological polar surface area (TPSA) is 29.5 Å². The van der Waals surface area contributed by atoms with Crippen LogP contribution in [0.25, 0.3) is 0 Å². The average molecular weight is 298 g/mol. The number of aliphatic hydroxyl groups excluding tert-OH is 1. The van der Waals surface area contributed by atoms with Crippen molar-refractivity contribution in [1.29, 1.82) is 0 Å². The van der Waals surface area contributed by atoms with Crippen LogP contribution in [0.3, 0.4) is 0 Å². The Morgan fingerprint density at radius 2 is 1.85 bits per heavy atom. The van der Waals surface area contributed by atoms with Crippen molar-refractivity contribution in [3.63, 3.8) is 0 Å². The Morgan fingerprint density at radius 3 is 2.60 bits per heavy atom. The fourth-order valence-corrected chi connectivity index (χ4v) is 5.68. The molecule has 0 aromatic heterocycles. The molecule has 2 aliphatic heterocycles. The summed E-state index contributed by atoms with van der Waals surface area (Å²) in [4.78, 5) is 0. The summed E-state index contributed by atoms with van der Waals surface area (Å²) in [6.45, 7) is 0.872. The summed E-state index contributed by atoms with van der Waals surface area (Å²) >= 11 is 2.06. The van der Waals surface area contributed by atoms with E-state index in [1.807, 2.05) is 0 Å². The first-order chi connectivity index (χ1) is 9.77. The Bertz CT molecular complexity index is 290. The third-order valence-electron chi connectivity index (χ3n) is 5.78. The van der Waals surface area contributed by atoms with Crippen LogP contribution >= 0.6 is 11.8 Å². The normalized spacial score (nSPS) is 33.1. The number of ether oxygens (including phenoxy) is 1. The first kappa shape index (κ1) is 15.2. The molecule has 2 atom stereocenters. The van der Waals surface area contributed by atoms with Gasteiger partial charge in [-0.2, -0.15) is 11.8 Å². The van der Waals surface area contributed by atoms with Crippen molar-refractivity contribution in [1.82, 2.24) is 0 Å². The van der Waals surface area contributed by atoms with Crippen LogP contribution in [0.4, 0.5) is 0 Å². The van der Waals surface area contributed by atoms with E-state index >= 15 is 0 Å². The molecular formula is C17H30O2S. The Balaban J connectivity index is 1.52. The molecule has 2 saturated heterocycles. The van der Waals surface area contributed by atoms with E-state index in [2.05, 4.69) is 11.8 Å². The molecule has 1 saturated carbocycles. The number of hydrogen-bond donors (Lipinski definition) is 1. The summed E-state index contributed by atoms with van der Waals surface area (Å²) in [7, 11) is 0. The van der Waals surface area contributed by atoms with Crippen molar-refractivity contribution in [2.24, 2.45) is 11.8 Å². The molecule has 0 aromatic rings. The van der Waals surface area contributed by atoms with Gasteiger partial charge in [0.05, 0.1) is 11.7 Å². The maximum atomic E-state index is 10.7. The van der Waals surface area contributed by atoms with E-state index < -0.39 is 0 Å². The Hall–Kier alpha value is 0.270. The third kappa shape index (κ3) is 3.72. The molecule has 2 nitrogen and oxygen atoms in total. The predicted molar refractivity (Wildman–Crippen MR) is 85.2 cm³/mol. The lowest BCUT2D eigenvalue weighted by Gasteiger charge is -2.45. The largest absolute Gasteiger partial charge is 0.393 e. The molecule has 0 amide bonds. The zero-order valence-corrected chi connectivity index (χ0v) is 13.5. The van der Waals surface area contributed by atoms with Gasteiger partial charge < -0.3 is 9.84 Å². The summed E-state index contributed by atoms with van der Waals surface area (Å²) in [6, 6.07) is 0. The summed E-state index contributed by atoms with van der Waals surface area (Å²) < 4.78 is 6.15. The van der Waals surface area contributed by atoms with Crippen molar-refractivity contribution in [2.75, 3.05) is 18.1 Å². The molecule has 1 spiro atoms. The van der Waals surface area contributed by atoms with Crippen molar-refractivity contribution < 1.29 is 9.84 Å². The molecule has 3 heteroatoms. The minimum atomic E-state index is -0.0755. The second-order valence-corrected chi connectivity index (χ2v) is 8.43. The number of hydrogen-bond acceptors (Lipinski definition) is 3. The van der Waals surface area contributed by atoms with Crippen LogP contribution in [-0.2, 0) is 4.74 Å². The zero-order chi connectivity index (χ0) is 13.8. The van der Waals surface area contributed by atoms with E-state index in [0.717, 1.165) is 31.8 Å². The van der Waals surface area contributed by atoms with Crippen molar-refractivity contribution in [3.05, 3.63) is 0 Å². The minimum Gasteiger partial charge on any atom is -0.393 e. The summed E-state index contributed by atoms with van der Waals surface area (Å²) in [6.07, 6.45) is 12.4. The van der Waals surface area contributed by atoms with Gasteiger partial charge in [0.15, 0.2) is 0 Å². The first-order valence-electron chi connectivity index (χ1n) is 8.67. The molecule has 1 aliphatic carbocycles. The molecular weight excluding hydrogens is 268 g/mol. The van der Waals surface area contributed by atoms with Gasteiger partial charge in [-0.15, -0.1) is 0 Å². The van der Waals surface area contributed by atoms with Crippen LogP contribution < -0.4 is 0 Å². The number of thioether (sulfide) groups is 1. The van der Waals surface area contributed by atoms with E-state index in [4.69, 9.17) is 4.74 Å². The fraction of sp³-hybridized carbons (Fsp3) is 1.00. The van der Waals surface area contributed by atoms with Gasteiger partial charge in [-0.1, -0.05) is 32.1 Å². The molecule has 0 radical (unpaired) electrons. The van der Waals surface area contributed by atoms with Gasteiger partial charge in [0, 0.05) is 6.61 Å². The van der Waals surface area contributed by atoms with Gasteiger partial charge in [-0.25, -0.2) is 0 Å². The lowest BCUT2D eigenvalue weighted by molar-refractivity contribution is -0.122. The van der Waals surface area contributed by atoms with Gasteiger partial charge in [0.1, 0.15) is 0 Å². The van der Waals surface area contributed by atoms with Crippen LogP contribution in [0.2, 0.25) is 0 Å². The number of rotatable bonds is 3. The zero-order valence-electron chi connectivity index (χ0n) is 12.7. The lowest BCUT2D eigenvalue weighted by Crippen LogP contribution is -2.45. The molecule has 0 aromatic carbocycles. The summed E-state index contributed by atoms with van der Waals surface area (Å²) in [5.41, 5.74) is 0.127. The molecule has 20 heavy (non-hydrogen) atoms. The highest BCUT2D eigenvalue weighted by Crippen LogP contribution is 2.42. The molecule has 3 fully saturated rings. The molecule has 2 unspecified atom stereocenters. The van der Waals surface area contributed by atoms with Crippen LogP contribution in [0.5, 0.6) is 0 Å². The average Bonchev–Trinajstić information content (AvgIpc) is 2.49. The van der Waals surface area contributed by atoms with E-state index in [-0.39, 0.29) is 11.7 Å². The maximum Gasteiger partial charge on any atom is 0.0701 e. The van der Waals surface area contributed by atoms with Crippen molar-refractivity contribution in [2.45, 2.75) is 75.9 Å². The van der Waals surface area contributed by atoms with Gasteiger partial charge >= 0.3 is 0 Å².